The molecule has 0 bridgehead atoms. The summed E-state index contributed by atoms with van der Waals surface area (Å²) in [5.41, 5.74) is 0.221. The van der Waals surface area contributed by atoms with Crippen LogP contribution in [0.1, 0.15) is 6.92 Å². The summed E-state index contributed by atoms with van der Waals surface area (Å²) in [6.07, 6.45) is 0. The third-order valence-electron chi connectivity index (χ3n) is 1.72. The third kappa shape index (κ3) is 3.77. The largest absolute Gasteiger partial charge is 0.433 e. The predicted octanol–water partition coefficient (Wildman–Crippen LogP) is 3.01. The second-order valence-electron chi connectivity index (χ2n) is 2.98. The van der Waals surface area contributed by atoms with Crippen molar-refractivity contribution in [2.75, 3.05) is 5.32 Å². The molecule has 6 heteroatoms. The highest BCUT2D eigenvalue weighted by Crippen LogP contribution is 2.25. The molecule has 0 radical (unpaired) electrons. The van der Waals surface area contributed by atoms with Gasteiger partial charge in [0.15, 0.2) is 0 Å². The zero-order valence-corrected chi connectivity index (χ0v) is 10.0. The van der Waals surface area contributed by atoms with Gasteiger partial charge in [0, 0.05) is 0 Å². The van der Waals surface area contributed by atoms with Gasteiger partial charge in [0.05, 0.1) is 10.5 Å². The van der Waals surface area contributed by atoms with Crippen molar-refractivity contribution in [2.24, 2.45) is 0 Å². The normalized spacial score (nSPS) is 12.3. The number of nitrogens with one attached hydrogen (secondary N) is 1. The van der Waals surface area contributed by atoms with Crippen molar-refractivity contribution < 1.29 is 18.3 Å². The number of carbonyl (C=O) groups is 1. The third-order valence-corrected chi connectivity index (χ3v) is 2.14. The Morgan fingerprint density at radius 3 is 2.62 bits per heavy atom. The van der Waals surface area contributed by atoms with Crippen LogP contribution in [0.4, 0.5) is 14.5 Å². The summed E-state index contributed by atoms with van der Waals surface area (Å²) in [6.45, 7) is -1.29. The highest BCUT2D eigenvalue weighted by molar-refractivity contribution is 9.10. The van der Waals surface area contributed by atoms with E-state index >= 15 is 0 Å². The van der Waals surface area contributed by atoms with Gasteiger partial charge in [-0.3, -0.25) is 4.79 Å². The maximum atomic E-state index is 12.1. The monoisotopic (exact) mass is 293 g/mol. The van der Waals surface area contributed by atoms with Crippen LogP contribution in [-0.2, 0) is 4.79 Å². The van der Waals surface area contributed by atoms with Crippen molar-refractivity contribution in [1.82, 2.24) is 0 Å². The molecule has 16 heavy (non-hydrogen) atoms. The predicted molar refractivity (Wildman–Crippen MR) is 60.1 cm³/mol. The van der Waals surface area contributed by atoms with Gasteiger partial charge in [-0.2, -0.15) is 8.78 Å². The SMILES string of the molecule is CC(Br)C(=O)Nc1ccccc1OC(F)F. The van der Waals surface area contributed by atoms with E-state index in [2.05, 4.69) is 26.0 Å². The van der Waals surface area contributed by atoms with Gasteiger partial charge in [0.25, 0.3) is 0 Å². The van der Waals surface area contributed by atoms with Gasteiger partial charge in [-0.05, 0) is 19.1 Å². The zero-order valence-electron chi connectivity index (χ0n) is 8.41. The number of rotatable bonds is 4. The Morgan fingerprint density at radius 2 is 2.06 bits per heavy atom. The standard InChI is InChI=1S/C10H10BrF2NO2/c1-6(11)9(15)14-7-4-2-3-5-8(7)16-10(12)13/h2-6,10H,1H3,(H,14,15). The lowest BCUT2D eigenvalue weighted by atomic mass is 10.3. The van der Waals surface area contributed by atoms with Crippen LogP contribution >= 0.6 is 15.9 Å². The topological polar surface area (TPSA) is 38.3 Å². The van der Waals surface area contributed by atoms with Crippen molar-refractivity contribution in [3.63, 3.8) is 0 Å². The fourth-order valence-electron chi connectivity index (χ4n) is 1.00. The Kier molecular flexibility index (Phi) is 4.67. The molecule has 0 aromatic heterocycles. The Hall–Kier alpha value is -1.17. The molecule has 0 fully saturated rings. The second kappa shape index (κ2) is 5.79. The highest BCUT2D eigenvalue weighted by Gasteiger charge is 2.13. The minimum Gasteiger partial charge on any atom is -0.433 e. The molecule has 88 valence electrons. The number of alkyl halides is 3. The molecule has 0 saturated carbocycles. The quantitative estimate of drug-likeness (QED) is 0.867. The number of amides is 1. The molecule has 1 rings (SSSR count). The van der Waals surface area contributed by atoms with Crippen molar-refractivity contribution >= 4 is 27.5 Å². The number of carbonyl (C=O) groups excluding carboxylic acids is 1. The summed E-state index contributed by atoms with van der Waals surface area (Å²) >= 11 is 3.07. The fourth-order valence-corrected chi connectivity index (χ4v) is 1.12. The number of benzene rings is 1. The maximum Gasteiger partial charge on any atom is 0.387 e. The van der Waals surface area contributed by atoms with E-state index in [0.29, 0.717) is 0 Å². The van der Waals surface area contributed by atoms with E-state index in [-0.39, 0.29) is 17.3 Å². The molecule has 0 heterocycles. The summed E-state index contributed by atoms with van der Waals surface area (Å²) < 4.78 is 28.4. The zero-order chi connectivity index (χ0) is 12.1. The number of anilines is 1. The molecule has 0 aliphatic carbocycles. The Labute approximate surface area is 99.9 Å². The number of ether oxygens (including phenoxy) is 1. The molecule has 0 aliphatic heterocycles. The van der Waals surface area contributed by atoms with Crippen LogP contribution in [0.3, 0.4) is 0 Å². The molecule has 0 spiro atoms. The van der Waals surface area contributed by atoms with Crippen LogP contribution in [0.25, 0.3) is 0 Å². The van der Waals surface area contributed by atoms with Gasteiger partial charge in [0.2, 0.25) is 5.91 Å². The van der Waals surface area contributed by atoms with Crippen LogP contribution in [0, 0.1) is 0 Å². The lowest BCUT2D eigenvalue weighted by molar-refractivity contribution is -0.115. The lowest BCUT2D eigenvalue weighted by Crippen LogP contribution is -2.20. The summed E-state index contributed by atoms with van der Waals surface area (Å²) in [5.74, 6) is -0.385. The van der Waals surface area contributed by atoms with Crippen LogP contribution in [-0.4, -0.2) is 17.3 Å². The van der Waals surface area contributed by atoms with Crippen LogP contribution in [0.15, 0.2) is 24.3 Å². The maximum absolute atomic E-state index is 12.1. The minimum atomic E-state index is -2.92. The van der Waals surface area contributed by atoms with Gasteiger partial charge in [0.1, 0.15) is 5.75 Å². The van der Waals surface area contributed by atoms with E-state index in [4.69, 9.17) is 0 Å². The molecular weight excluding hydrogens is 284 g/mol. The first-order chi connectivity index (χ1) is 7.50. The van der Waals surface area contributed by atoms with E-state index in [1.165, 1.54) is 12.1 Å². The summed E-state index contributed by atoms with van der Waals surface area (Å²) in [6, 6.07) is 6.02. The van der Waals surface area contributed by atoms with Gasteiger partial charge in [-0.15, -0.1) is 0 Å². The minimum absolute atomic E-state index is 0.0565. The Bertz CT molecular complexity index is 372. The van der Waals surface area contributed by atoms with Crippen molar-refractivity contribution in [2.45, 2.75) is 18.4 Å². The first-order valence-corrected chi connectivity index (χ1v) is 5.41. The van der Waals surface area contributed by atoms with E-state index in [1.54, 1.807) is 19.1 Å². The van der Waals surface area contributed by atoms with Crippen LogP contribution in [0.2, 0.25) is 0 Å². The number of hydrogen-bond donors (Lipinski definition) is 1. The van der Waals surface area contributed by atoms with E-state index in [1.807, 2.05) is 0 Å². The lowest BCUT2D eigenvalue weighted by Gasteiger charge is -2.12. The molecule has 3 nitrogen and oxygen atoms in total. The fraction of sp³-hybridized carbons (Fsp3) is 0.300. The van der Waals surface area contributed by atoms with Gasteiger partial charge in [-0.1, -0.05) is 28.1 Å². The van der Waals surface area contributed by atoms with Gasteiger partial charge < -0.3 is 10.1 Å². The van der Waals surface area contributed by atoms with Gasteiger partial charge >= 0.3 is 6.61 Å². The summed E-state index contributed by atoms with van der Waals surface area (Å²) in [7, 11) is 0. The second-order valence-corrected chi connectivity index (χ2v) is 4.35. The van der Waals surface area contributed by atoms with Crippen molar-refractivity contribution in [1.29, 1.82) is 0 Å². The first kappa shape index (κ1) is 12.9. The first-order valence-electron chi connectivity index (χ1n) is 4.49. The van der Waals surface area contributed by atoms with E-state index in [0.717, 1.165) is 0 Å². The van der Waals surface area contributed by atoms with Gasteiger partial charge in [-0.25, -0.2) is 0 Å². The molecule has 0 aliphatic rings. The highest BCUT2D eigenvalue weighted by atomic mass is 79.9. The molecule has 1 aromatic carbocycles. The molecular formula is C10H10BrF2NO2. The number of hydrogen-bond acceptors (Lipinski definition) is 2. The summed E-state index contributed by atoms with van der Waals surface area (Å²) in [5, 5.41) is 2.47. The van der Waals surface area contributed by atoms with Crippen LogP contribution < -0.4 is 10.1 Å². The Balaban J connectivity index is 2.82. The average Bonchev–Trinajstić information content (AvgIpc) is 2.20. The smallest absolute Gasteiger partial charge is 0.387 e. The Morgan fingerprint density at radius 1 is 1.44 bits per heavy atom. The van der Waals surface area contributed by atoms with Crippen molar-refractivity contribution in [3.8, 4) is 5.75 Å². The molecule has 1 N–H and O–H groups in total. The number of halogens is 3. The number of para-hydroxylation sites is 2. The molecule has 1 amide bonds. The van der Waals surface area contributed by atoms with Crippen molar-refractivity contribution in [3.05, 3.63) is 24.3 Å². The molecule has 0 saturated heterocycles. The molecule has 1 unspecified atom stereocenters. The summed E-state index contributed by atoms with van der Waals surface area (Å²) in [4.78, 5) is 10.9. The van der Waals surface area contributed by atoms with Crippen LogP contribution in [0.5, 0.6) is 5.75 Å². The molecule has 1 atom stereocenters. The average molecular weight is 294 g/mol. The molecule has 1 aromatic rings. The van der Waals surface area contributed by atoms with E-state index < -0.39 is 11.4 Å². The van der Waals surface area contributed by atoms with E-state index in [9.17, 15) is 13.6 Å².